The highest BCUT2D eigenvalue weighted by Gasteiger charge is 1.96. The highest BCUT2D eigenvalue weighted by atomic mass is 35.5. The minimum absolute atomic E-state index is 0.372. The zero-order valence-corrected chi connectivity index (χ0v) is 14.3. The van der Waals surface area contributed by atoms with Crippen molar-refractivity contribution in [2.75, 3.05) is 25.6 Å². The van der Waals surface area contributed by atoms with E-state index in [0.717, 1.165) is 35.0 Å². The molecule has 0 atom stereocenters. The van der Waals surface area contributed by atoms with Crippen molar-refractivity contribution in [3.05, 3.63) is 65.2 Å². The highest BCUT2D eigenvalue weighted by Crippen LogP contribution is 2.15. The summed E-state index contributed by atoms with van der Waals surface area (Å²) in [6.07, 6.45) is 3.97. The maximum atomic E-state index is 11.0. The van der Waals surface area contributed by atoms with Crippen molar-refractivity contribution in [3.8, 4) is 5.75 Å². The molecule has 0 aromatic heterocycles. The molecule has 0 bridgehead atoms. The van der Waals surface area contributed by atoms with E-state index < -0.39 is 0 Å². The molecular formula is C19H20ClNO3. The molecule has 1 N–H and O–H groups in total. The Morgan fingerprint density at radius 3 is 2.50 bits per heavy atom. The quantitative estimate of drug-likeness (QED) is 0.437. The van der Waals surface area contributed by atoms with Crippen LogP contribution in [0.25, 0.3) is 6.08 Å². The summed E-state index contributed by atoms with van der Waals surface area (Å²) in [6.45, 7) is 1.44. The molecule has 0 fully saturated rings. The van der Waals surface area contributed by atoms with Gasteiger partial charge in [-0.3, -0.25) is 0 Å². The van der Waals surface area contributed by atoms with Crippen LogP contribution in [0.4, 0.5) is 5.69 Å². The fourth-order valence-corrected chi connectivity index (χ4v) is 2.10. The number of esters is 1. The van der Waals surface area contributed by atoms with Gasteiger partial charge in [0.1, 0.15) is 5.75 Å². The van der Waals surface area contributed by atoms with E-state index in [1.807, 2.05) is 48.5 Å². The summed E-state index contributed by atoms with van der Waals surface area (Å²) in [5.74, 6) is 0.431. The number of carbonyl (C=O) groups excluding carboxylic acids is 1. The Labute approximate surface area is 147 Å². The number of nitrogens with one attached hydrogen (secondary N) is 1. The number of rotatable bonds is 8. The van der Waals surface area contributed by atoms with Gasteiger partial charge in [-0.05, 0) is 54.5 Å². The van der Waals surface area contributed by atoms with Gasteiger partial charge < -0.3 is 14.8 Å². The minimum atomic E-state index is -0.372. The maximum Gasteiger partial charge on any atom is 0.330 e. The van der Waals surface area contributed by atoms with E-state index in [1.165, 1.54) is 13.2 Å². The Morgan fingerprint density at radius 1 is 1.12 bits per heavy atom. The first-order chi connectivity index (χ1) is 11.7. The summed E-state index contributed by atoms with van der Waals surface area (Å²) in [4.78, 5) is 11.0. The zero-order chi connectivity index (χ0) is 17.2. The van der Waals surface area contributed by atoms with E-state index in [-0.39, 0.29) is 5.97 Å². The number of hydrogen-bond acceptors (Lipinski definition) is 4. The van der Waals surface area contributed by atoms with E-state index in [2.05, 4.69) is 10.1 Å². The van der Waals surface area contributed by atoms with Crippen molar-refractivity contribution in [1.29, 1.82) is 0 Å². The molecule has 126 valence electrons. The van der Waals surface area contributed by atoms with Crippen LogP contribution in [-0.4, -0.2) is 26.2 Å². The topological polar surface area (TPSA) is 47.6 Å². The van der Waals surface area contributed by atoms with Crippen LogP contribution in [-0.2, 0) is 9.53 Å². The number of anilines is 1. The van der Waals surface area contributed by atoms with Crippen LogP contribution in [0.5, 0.6) is 5.75 Å². The molecule has 0 aliphatic heterocycles. The third-order valence-corrected chi connectivity index (χ3v) is 3.51. The van der Waals surface area contributed by atoms with Gasteiger partial charge >= 0.3 is 5.97 Å². The molecule has 0 amide bonds. The van der Waals surface area contributed by atoms with Crippen molar-refractivity contribution in [2.45, 2.75) is 6.42 Å². The first kappa shape index (κ1) is 17.9. The number of halogens is 1. The van der Waals surface area contributed by atoms with Gasteiger partial charge in [0.2, 0.25) is 0 Å². The van der Waals surface area contributed by atoms with Crippen LogP contribution in [0.1, 0.15) is 12.0 Å². The van der Waals surface area contributed by atoms with Crippen LogP contribution in [0, 0.1) is 0 Å². The van der Waals surface area contributed by atoms with Crippen molar-refractivity contribution in [3.63, 3.8) is 0 Å². The minimum Gasteiger partial charge on any atom is -0.494 e. The lowest BCUT2D eigenvalue weighted by Crippen LogP contribution is -2.07. The van der Waals surface area contributed by atoms with E-state index >= 15 is 0 Å². The molecule has 2 aromatic rings. The van der Waals surface area contributed by atoms with Gasteiger partial charge in [0, 0.05) is 23.3 Å². The summed E-state index contributed by atoms with van der Waals surface area (Å²) in [7, 11) is 1.35. The van der Waals surface area contributed by atoms with Crippen molar-refractivity contribution in [1.82, 2.24) is 0 Å². The van der Waals surface area contributed by atoms with Gasteiger partial charge in [-0.1, -0.05) is 23.7 Å². The summed E-state index contributed by atoms with van der Waals surface area (Å²) >= 11 is 5.84. The van der Waals surface area contributed by atoms with E-state index in [0.29, 0.717) is 6.61 Å². The lowest BCUT2D eigenvalue weighted by molar-refractivity contribution is -0.134. The van der Waals surface area contributed by atoms with Crippen LogP contribution >= 0.6 is 11.6 Å². The van der Waals surface area contributed by atoms with Crippen LogP contribution in [0.3, 0.4) is 0 Å². The molecule has 24 heavy (non-hydrogen) atoms. The molecule has 0 aliphatic rings. The first-order valence-electron chi connectivity index (χ1n) is 7.66. The molecule has 0 unspecified atom stereocenters. The third-order valence-electron chi connectivity index (χ3n) is 3.26. The normalized spacial score (nSPS) is 10.6. The number of benzene rings is 2. The second-order valence-electron chi connectivity index (χ2n) is 5.06. The molecule has 0 saturated heterocycles. The number of carbonyl (C=O) groups is 1. The van der Waals surface area contributed by atoms with Gasteiger partial charge in [-0.25, -0.2) is 4.79 Å². The van der Waals surface area contributed by atoms with Crippen LogP contribution in [0.15, 0.2) is 54.6 Å². The largest absolute Gasteiger partial charge is 0.494 e. The van der Waals surface area contributed by atoms with Gasteiger partial charge in [0.15, 0.2) is 0 Å². The van der Waals surface area contributed by atoms with E-state index in [1.54, 1.807) is 6.08 Å². The van der Waals surface area contributed by atoms with Gasteiger partial charge in [-0.15, -0.1) is 0 Å². The number of hydrogen-bond donors (Lipinski definition) is 1. The Hall–Kier alpha value is -2.46. The lowest BCUT2D eigenvalue weighted by Gasteiger charge is -2.08. The molecule has 0 saturated carbocycles. The van der Waals surface area contributed by atoms with Crippen molar-refractivity contribution >= 4 is 29.3 Å². The molecule has 5 heteroatoms. The third kappa shape index (κ3) is 6.34. The van der Waals surface area contributed by atoms with E-state index in [9.17, 15) is 4.79 Å². The molecule has 0 heterocycles. The molecule has 0 radical (unpaired) electrons. The highest BCUT2D eigenvalue weighted by molar-refractivity contribution is 6.30. The van der Waals surface area contributed by atoms with Crippen LogP contribution < -0.4 is 10.1 Å². The van der Waals surface area contributed by atoms with Crippen molar-refractivity contribution in [2.24, 2.45) is 0 Å². The average molecular weight is 346 g/mol. The van der Waals surface area contributed by atoms with E-state index in [4.69, 9.17) is 16.3 Å². The first-order valence-corrected chi connectivity index (χ1v) is 8.03. The predicted octanol–water partition coefficient (Wildman–Crippen LogP) is 4.41. The molecule has 0 aliphatic carbocycles. The monoisotopic (exact) mass is 345 g/mol. The molecule has 2 rings (SSSR count). The maximum absolute atomic E-state index is 11.0. The van der Waals surface area contributed by atoms with Gasteiger partial charge in [-0.2, -0.15) is 0 Å². The Kier molecular flexibility index (Phi) is 7.18. The summed E-state index contributed by atoms with van der Waals surface area (Å²) in [6, 6.07) is 15.1. The summed E-state index contributed by atoms with van der Waals surface area (Å²) in [5, 5.41) is 4.04. The lowest BCUT2D eigenvalue weighted by atomic mass is 10.2. The molecule has 4 nitrogen and oxygen atoms in total. The summed E-state index contributed by atoms with van der Waals surface area (Å²) in [5.41, 5.74) is 1.96. The van der Waals surface area contributed by atoms with Crippen molar-refractivity contribution < 1.29 is 14.3 Å². The van der Waals surface area contributed by atoms with Gasteiger partial charge in [0.05, 0.1) is 13.7 Å². The summed E-state index contributed by atoms with van der Waals surface area (Å²) < 4.78 is 10.2. The molecular weight excluding hydrogens is 326 g/mol. The fourth-order valence-electron chi connectivity index (χ4n) is 1.97. The smallest absolute Gasteiger partial charge is 0.330 e. The molecule has 2 aromatic carbocycles. The number of methoxy groups -OCH3 is 1. The standard InChI is InChI=1S/C19H20ClNO3/c1-23-19(22)12-5-15-3-10-18(11-4-15)24-14-2-13-21-17-8-6-16(20)7-9-17/h3-12,21H,2,13-14H2,1H3/b12-5+. The Balaban J connectivity index is 1.68. The number of ether oxygens (including phenoxy) is 2. The van der Waals surface area contributed by atoms with Gasteiger partial charge in [0.25, 0.3) is 0 Å². The Bertz CT molecular complexity index is 666. The SMILES string of the molecule is COC(=O)/C=C/c1ccc(OCCCNc2ccc(Cl)cc2)cc1. The zero-order valence-electron chi connectivity index (χ0n) is 13.5. The average Bonchev–Trinajstić information content (AvgIpc) is 2.62. The predicted molar refractivity (Wildman–Crippen MR) is 97.5 cm³/mol. The second kappa shape index (κ2) is 9.63. The van der Waals surface area contributed by atoms with Crippen LogP contribution in [0.2, 0.25) is 5.02 Å². The second-order valence-corrected chi connectivity index (χ2v) is 5.50. The Morgan fingerprint density at radius 2 is 1.83 bits per heavy atom. The fraction of sp³-hybridized carbons (Fsp3) is 0.211. The molecule has 0 spiro atoms.